The third-order valence-electron chi connectivity index (χ3n) is 1.75. The first-order valence-electron chi connectivity index (χ1n) is 5.22. The maximum Gasteiger partial charge on any atom is 0.418 e. The lowest BCUT2D eigenvalue weighted by Crippen LogP contribution is -2.09. The Balaban J connectivity index is 0.000000673. The lowest BCUT2D eigenvalue weighted by atomic mass is 10.1. The van der Waals surface area contributed by atoms with Gasteiger partial charge in [-0.15, -0.1) is 0 Å². The summed E-state index contributed by atoms with van der Waals surface area (Å²) in [5.41, 5.74) is 0.0967. The van der Waals surface area contributed by atoms with Gasteiger partial charge in [0.05, 0.1) is 5.56 Å². The maximum atomic E-state index is 12.4. The summed E-state index contributed by atoms with van der Waals surface area (Å²) in [5.74, 6) is 0. The molecule has 1 aromatic carbocycles. The maximum absolute atomic E-state index is 12.4. The molecular weight excluding hydrogens is 215 g/mol. The van der Waals surface area contributed by atoms with Gasteiger partial charge in [-0.3, -0.25) is 0 Å². The highest BCUT2D eigenvalue weighted by molar-refractivity contribution is 5.53. The zero-order valence-corrected chi connectivity index (χ0v) is 10.1. The minimum absolute atomic E-state index is 0.109. The highest BCUT2D eigenvalue weighted by Crippen LogP contribution is 2.35. The number of nitrogens with one attached hydrogen (secondary N) is 1. The first-order valence-corrected chi connectivity index (χ1v) is 5.22. The fourth-order valence-corrected chi connectivity index (χ4v) is 1.11. The van der Waals surface area contributed by atoms with E-state index in [-0.39, 0.29) is 5.69 Å². The fraction of sp³-hybridized carbons (Fsp3) is 0.500. The van der Waals surface area contributed by atoms with Crippen LogP contribution in [0.5, 0.6) is 0 Å². The second-order valence-corrected chi connectivity index (χ2v) is 3.50. The summed E-state index contributed by atoms with van der Waals surface area (Å²) in [7, 11) is 1.47. The van der Waals surface area contributed by atoms with Gasteiger partial charge >= 0.3 is 6.18 Å². The lowest BCUT2D eigenvalue weighted by Gasteiger charge is -2.12. The van der Waals surface area contributed by atoms with Gasteiger partial charge in [0, 0.05) is 12.7 Å². The van der Waals surface area contributed by atoms with Gasteiger partial charge in [0.1, 0.15) is 0 Å². The van der Waals surface area contributed by atoms with Gasteiger partial charge in [-0.2, -0.15) is 13.2 Å². The summed E-state index contributed by atoms with van der Waals surface area (Å²) in [5, 5.41) is 2.51. The van der Waals surface area contributed by atoms with Crippen LogP contribution in [-0.4, -0.2) is 7.05 Å². The number of hydrogen-bond acceptors (Lipinski definition) is 1. The van der Waals surface area contributed by atoms with Crippen LogP contribution < -0.4 is 5.32 Å². The van der Waals surface area contributed by atoms with Crippen LogP contribution >= 0.6 is 0 Å². The SMILES string of the molecule is CCC.CNc1ccc(C)cc1C(F)(F)F. The van der Waals surface area contributed by atoms with E-state index in [4.69, 9.17) is 0 Å². The zero-order valence-electron chi connectivity index (χ0n) is 10.1. The van der Waals surface area contributed by atoms with E-state index in [2.05, 4.69) is 19.2 Å². The number of alkyl halides is 3. The zero-order chi connectivity index (χ0) is 12.8. The quantitative estimate of drug-likeness (QED) is 0.754. The molecule has 0 fully saturated rings. The Morgan fingerprint density at radius 3 is 2.06 bits per heavy atom. The first kappa shape index (κ1) is 14.8. The molecule has 16 heavy (non-hydrogen) atoms. The Morgan fingerprint density at radius 2 is 1.69 bits per heavy atom. The van der Waals surface area contributed by atoms with Gasteiger partial charge in [0.25, 0.3) is 0 Å². The first-order chi connectivity index (χ1) is 7.36. The van der Waals surface area contributed by atoms with E-state index in [0.717, 1.165) is 6.07 Å². The van der Waals surface area contributed by atoms with Crippen molar-refractivity contribution in [2.24, 2.45) is 0 Å². The van der Waals surface area contributed by atoms with Gasteiger partial charge in [0.2, 0.25) is 0 Å². The molecule has 0 saturated heterocycles. The van der Waals surface area contributed by atoms with Crippen LogP contribution in [0.4, 0.5) is 18.9 Å². The topological polar surface area (TPSA) is 12.0 Å². The fourth-order valence-electron chi connectivity index (χ4n) is 1.11. The van der Waals surface area contributed by atoms with E-state index in [9.17, 15) is 13.2 Å². The third kappa shape index (κ3) is 4.55. The van der Waals surface area contributed by atoms with Crippen molar-refractivity contribution >= 4 is 5.69 Å². The van der Waals surface area contributed by atoms with Crippen LogP contribution in [0.15, 0.2) is 18.2 Å². The van der Waals surface area contributed by atoms with Crippen LogP contribution in [0, 0.1) is 6.92 Å². The highest BCUT2D eigenvalue weighted by atomic mass is 19.4. The minimum atomic E-state index is -4.29. The molecule has 0 heterocycles. The Morgan fingerprint density at radius 1 is 1.19 bits per heavy atom. The molecule has 0 bridgehead atoms. The average molecular weight is 233 g/mol. The molecule has 0 atom stereocenters. The van der Waals surface area contributed by atoms with E-state index in [1.54, 1.807) is 13.0 Å². The molecule has 1 aromatic rings. The summed E-state index contributed by atoms with van der Waals surface area (Å²) in [6.45, 7) is 5.88. The Hall–Kier alpha value is -1.19. The molecule has 0 radical (unpaired) electrons. The molecule has 0 spiro atoms. The number of benzene rings is 1. The molecule has 0 aromatic heterocycles. The van der Waals surface area contributed by atoms with Gasteiger partial charge in [-0.25, -0.2) is 0 Å². The van der Waals surface area contributed by atoms with E-state index < -0.39 is 11.7 Å². The molecule has 1 rings (SSSR count). The number of aryl methyl sites for hydroxylation is 1. The van der Waals surface area contributed by atoms with Crippen molar-refractivity contribution < 1.29 is 13.2 Å². The molecule has 1 nitrogen and oxygen atoms in total. The minimum Gasteiger partial charge on any atom is -0.388 e. The van der Waals surface area contributed by atoms with Crippen molar-refractivity contribution in [3.05, 3.63) is 29.3 Å². The summed E-state index contributed by atoms with van der Waals surface area (Å²) in [6, 6.07) is 4.20. The predicted octanol–water partition coefficient (Wildman–Crippen LogP) is 4.47. The second kappa shape index (κ2) is 6.40. The molecule has 0 aliphatic rings. The Kier molecular flexibility index (Phi) is 5.93. The second-order valence-electron chi connectivity index (χ2n) is 3.50. The van der Waals surface area contributed by atoms with Crippen molar-refractivity contribution in [1.29, 1.82) is 0 Å². The van der Waals surface area contributed by atoms with E-state index in [0.29, 0.717) is 5.56 Å². The number of anilines is 1. The van der Waals surface area contributed by atoms with Gasteiger partial charge in [-0.05, 0) is 19.1 Å². The third-order valence-corrected chi connectivity index (χ3v) is 1.75. The largest absolute Gasteiger partial charge is 0.418 e. The molecule has 0 aliphatic heterocycles. The van der Waals surface area contributed by atoms with Crippen LogP contribution in [-0.2, 0) is 6.18 Å². The van der Waals surface area contributed by atoms with Crippen LogP contribution in [0.1, 0.15) is 31.4 Å². The summed E-state index contributed by atoms with van der Waals surface area (Å²) >= 11 is 0. The summed E-state index contributed by atoms with van der Waals surface area (Å²) in [4.78, 5) is 0. The van der Waals surface area contributed by atoms with Crippen molar-refractivity contribution in [3.8, 4) is 0 Å². The predicted molar refractivity (Wildman–Crippen MR) is 61.7 cm³/mol. The number of rotatable bonds is 1. The summed E-state index contributed by atoms with van der Waals surface area (Å²) < 4.78 is 37.1. The molecule has 4 heteroatoms. The van der Waals surface area contributed by atoms with Crippen LogP contribution in [0.25, 0.3) is 0 Å². The molecule has 0 saturated carbocycles. The van der Waals surface area contributed by atoms with Gasteiger partial charge in [0.15, 0.2) is 0 Å². The van der Waals surface area contributed by atoms with Gasteiger partial charge < -0.3 is 5.32 Å². The smallest absolute Gasteiger partial charge is 0.388 e. The Bertz CT molecular complexity index is 319. The molecule has 0 unspecified atom stereocenters. The molecule has 1 N–H and O–H groups in total. The van der Waals surface area contributed by atoms with Crippen molar-refractivity contribution in [3.63, 3.8) is 0 Å². The van der Waals surface area contributed by atoms with Crippen molar-refractivity contribution in [2.75, 3.05) is 12.4 Å². The normalized spacial score (nSPS) is 10.4. The number of halogens is 3. The van der Waals surface area contributed by atoms with E-state index in [1.165, 1.54) is 19.5 Å². The van der Waals surface area contributed by atoms with E-state index >= 15 is 0 Å². The molecular formula is C12H18F3N. The van der Waals surface area contributed by atoms with Crippen molar-refractivity contribution in [2.45, 2.75) is 33.4 Å². The highest BCUT2D eigenvalue weighted by Gasteiger charge is 2.33. The Labute approximate surface area is 94.7 Å². The number of hydrogen-bond donors (Lipinski definition) is 1. The van der Waals surface area contributed by atoms with Crippen molar-refractivity contribution in [1.82, 2.24) is 0 Å². The average Bonchev–Trinajstić information content (AvgIpc) is 2.17. The molecule has 92 valence electrons. The lowest BCUT2D eigenvalue weighted by molar-refractivity contribution is -0.137. The van der Waals surface area contributed by atoms with Gasteiger partial charge in [-0.1, -0.05) is 31.9 Å². The standard InChI is InChI=1S/C9H10F3N.C3H8/c1-6-3-4-8(13-2)7(5-6)9(10,11)12;1-3-2/h3-5,13H,1-2H3;3H2,1-2H3. The molecule has 0 amide bonds. The monoisotopic (exact) mass is 233 g/mol. The van der Waals surface area contributed by atoms with Crippen LogP contribution in [0.3, 0.4) is 0 Å². The molecule has 0 aliphatic carbocycles. The summed E-state index contributed by atoms with van der Waals surface area (Å²) in [6.07, 6.45) is -3.04. The van der Waals surface area contributed by atoms with Crippen LogP contribution in [0.2, 0.25) is 0 Å². The van der Waals surface area contributed by atoms with E-state index in [1.807, 2.05) is 0 Å².